The van der Waals surface area contributed by atoms with E-state index in [0.717, 1.165) is 6.54 Å². The quantitative estimate of drug-likeness (QED) is 0.855. The molecular weight excluding hydrogens is 288 g/mol. The summed E-state index contributed by atoms with van der Waals surface area (Å²) in [6, 6.07) is 10.6. The summed E-state index contributed by atoms with van der Waals surface area (Å²) < 4.78 is 1.82. The first-order valence-corrected chi connectivity index (χ1v) is 8.47. The lowest BCUT2D eigenvalue weighted by Gasteiger charge is -2.24. The van der Waals surface area contributed by atoms with Gasteiger partial charge in [0.1, 0.15) is 12.7 Å². The van der Waals surface area contributed by atoms with Gasteiger partial charge in [0.15, 0.2) is 0 Å². The Morgan fingerprint density at radius 2 is 1.87 bits per heavy atom. The van der Waals surface area contributed by atoms with E-state index >= 15 is 0 Å². The largest absolute Gasteiger partial charge is 0.355 e. The molecule has 1 amide bonds. The number of hydrogen-bond acceptors (Lipinski definition) is 3. The first-order chi connectivity index (χ1) is 11.3. The van der Waals surface area contributed by atoms with E-state index in [0.29, 0.717) is 24.8 Å². The summed E-state index contributed by atoms with van der Waals surface area (Å²) >= 11 is 0. The first-order valence-electron chi connectivity index (χ1n) is 8.47. The molecule has 1 aliphatic rings. The van der Waals surface area contributed by atoms with Crippen molar-refractivity contribution < 1.29 is 4.79 Å². The van der Waals surface area contributed by atoms with Gasteiger partial charge >= 0.3 is 0 Å². The summed E-state index contributed by atoms with van der Waals surface area (Å²) in [5.74, 6) is 1.21. The zero-order valence-corrected chi connectivity index (χ0v) is 13.4. The highest BCUT2D eigenvalue weighted by atomic mass is 16.1. The number of amides is 1. The van der Waals surface area contributed by atoms with Crippen molar-refractivity contribution in [3.05, 3.63) is 48.5 Å². The summed E-state index contributed by atoms with van der Waals surface area (Å²) in [6.07, 6.45) is 8.92. The van der Waals surface area contributed by atoms with Gasteiger partial charge in [-0.15, -0.1) is 10.2 Å². The molecule has 1 N–H and O–H groups in total. The molecule has 122 valence electrons. The van der Waals surface area contributed by atoms with Gasteiger partial charge in [-0.25, -0.2) is 0 Å². The molecule has 0 spiro atoms. The van der Waals surface area contributed by atoms with Gasteiger partial charge in [0.25, 0.3) is 0 Å². The standard InChI is InChI=1S/C18H24N4O/c23-18(10-11-22-13-20-21-14-22)19-12-17(16-8-4-5-9-16)15-6-2-1-3-7-15/h1-3,6-7,13-14,16-17H,4-5,8-12H2,(H,19,23). The van der Waals surface area contributed by atoms with Gasteiger partial charge < -0.3 is 9.88 Å². The highest BCUT2D eigenvalue weighted by molar-refractivity contribution is 5.75. The van der Waals surface area contributed by atoms with Gasteiger partial charge in [0.05, 0.1) is 0 Å². The third kappa shape index (κ3) is 4.41. The fourth-order valence-electron chi connectivity index (χ4n) is 3.50. The molecule has 5 nitrogen and oxygen atoms in total. The highest BCUT2D eigenvalue weighted by Crippen LogP contribution is 2.36. The van der Waals surface area contributed by atoms with Crippen LogP contribution in [0.3, 0.4) is 0 Å². The third-order valence-electron chi connectivity index (χ3n) is 4.78. The molecule has 0 bridgehead atoms. The average molecular weight is 312 g/mol. The fraction of sp³-hybridized carbons (Fsp3) is 0.500. The lowest BCUT2D eigenvalue weighted by Crippen LogP contribution is -2.31. The number of rotatable bonds is 7. The van der Waals surface area contributed by atoms with Crippen molar-refractivity contribution >= 4 is 5.91 Å². The van der Waals surface area contributed by atoms with Crippen molar-refractivity contribution in [2.75, 3.05) is 6.54 Å². The molecule has 1 heterocycles. The number of nitrogens with zero attached hydrogens (tertiary/aromatic N) is 3. The maximum absolute atomic E-state index is 12.1. The average Bonchev–Trinajstić information content (AvgIpc) is 3.28. The summed E-state index contributed by atoms with van der Waals surface area (Å²) in [6.45, 7) is 1.36. The number of nitrogens with one attached hydrogen (secondary N) is 1. The van der Waals surface area contributed by atoms with Crippen molar-refractivity contribution in [2.45, 2.75) is 44.6 Å². The van der Waals surface area contributed by atoms with Crippen LogP contribution in [0.5, 0.6) is 0 Å². The Kier molecular flexibility index (Phi) is 5.40. The van der Waals surface area contributed by atoms with Gasteiger partial charge in [-0.2, -0.15) is 0 Å². The number of carbonyl (C=O) groups is 1. The molecule has 1 aromatic heterocycles. The van der Waals surface area contributed by atoms with E-state index in [9.17, 15) is 4.79 Å². The van der Waals surface area contributed by atoms with Crippen LogP contribution in [-0.4, -0.2) is 27.2 Å². The van der Waals surface area contributed by atoms with Crippen molar-refractivity contribution in [2.24, 2.45) is 5.92 Å². The van der Waals surface area contributed by atoms with E-state index in [1.807, 2.05) is 10.6 Å². The molecular formula is C18H24N4O. The molecule has 0 aliphatic heterocycles. The predicted molar refractivity (Wildman–Crippen MR) is 88.8 cm³/mol. The van der Waals surface area contributed by atoms with Crippen LogP contribution in [0.4, 0.5) is 0 Å². The van der Waals surface area contributed by atoms with E-state index in [1.54, 1.807) is 12.7 Å². The molecule has 1 atom stereocenters. The second-order valence-corrected chi connectivity index (χ2v) is 6.32. The van der Waals surface area contributed by atoms with Gasteiger partial charge in [0, 0.05) is 25.4 Å². The van der Waals surface area contributed by atoms with Crippen LogP contribution in [0.15, 0.2) is 43.0 Å². The Morgan fingerprint density at radius 3 is 2.57 bits per heavy atom. The van der Waals surface area contributed by atoms with Crippen molar-refractivity contribution in [1.29, 1.82) is 0 Å². The van der Waals surface area contributed by atoms with Crippen LogP contribution in [0, 0.1) is 5.92 Å². The van der Waals surface area contributed by atoms with Gasteiger partial charge in [-0.05, 0) is 24.3 Å². The Labute approximate surface area is 137 Å². The van der Waals surface area contributed by atoms with E-state index < -0.39 is 0 Å². The maximum atomic E-state index is 12.1. The summed E-state index contributed by atoms with van der Waals surface area (Å²) in [5.41, 5.74) is 1.35. The Bertz CT molecular complexity index is 591. The number of aryl methyl sites for hydroxylation is 1. The number of aromatic nitrogens is 3. The molecule has 1 aromatic carbocycles. The Morgan fingerprint density at radius 1 is 1.17 bits per heavy atom. The normalized spacial score (nSPS) is 16.3. The van der Waals surface area contributed by atoms with Crippen LogP contribution >= 0.6 is 0 Å². The molecule has 23 heavy (non-hydrogen) atoms. The second-order valence-electron chi connectivity index (χ2n) is 6.32. The molecule has 0 radical (unpaired) electrons. The van der Waals surface area contributed by atoms with Crippen molar-refractivity contribution in [3.63, 3.8) is 0 Å². The minimum Gasteiger partial charge on any atom is -0.355 e. The smallest absolute Gasteiger partial charge is 0.221 e. The van der Waals surface area contributed by atoms with E-state index in [-0.39, 0.29) is 5.91 Å². The third-order valence-corrected chi connectivity index (χ3v) is 4.78. The SMILES string of the molecule is O=C(CCn1cnnc1)NCC(c1ccccc1)C1CCCC1. The monoisotopic (exact) mass is 312 g/mol. The van der Waals surface area contributed by atoms with Crippen molar-refractivity contribution in [3.8, 4) is 0 Å². The molecule has 0 saturated heterocycles. The fourth-order valence-corrected chi connectivity index (χ4v) is 3.50. The second kappa shape index (κ2) is 7.90. The molecule has 1 fully saturated rings. The lowest BCUT2D eigenvalue weighted by atomic mass is 9.85. The summed E-state index contributed by atoms with van der Waals surface area (Å²) in [7, 11) is 0. The molecule has 1 unspecified atom stereocenters. The summed E-state index contributed by atoms with van der Waals surface area (Å²) in [5, 5.41) is 10.6. The first kappa shape index (κ1) is 15.7. The van der Waals surface area contributed by atoms with Crippen LogP contribution in [0.2, 0.25) is 0 Å². The molecule has 3 rings (SSSR count). The van der Waals surface area contributed by atoms with Gasteiger partial charge in [-0.1, -0.05) is 43.2 Å². The topological polar surface area (TPSA) is 59.8 Å². The van der Waals surface area contributed by atoms with Crippen molar-refractivity contribution in [1.82, 2.24) is 20.1 Å². The van der Waals surface area contributed by atoms with Crippen LogP contribution in [0.25, 0.3) is 0 Å². The van der Waals surface area contributed by atoms with Crippen LogP contribution < -0.4 is 5.32 Å². The van der Waals surface area contributed by atoms with Crippen LogP contribution in [0.1, 0.15) is 43.6 Å². The van der Waals surface area contributed by atoms with Gasteiger partial charge in [0.2, 0.25) is 5.91 Å². The minimum atomic E-state index is 0.0950. The molecule has 5 heteroatoms. The summed E-state index contributed by atoms with van der Waals surface area (Å²) in [4.78, 5) is 12.1. The number of hydrogen-bond donors (Lipinski definition) is 1. The van der Waals surface area contributed by atoms with Gasteiger partial charge in [-0.3, -0.25) is 4.79 Å². The van der Waals surface area contributed by atoms with E-state index in [1.165, 1.54) is 31.2 Å². The van der Waals surface area contributed by atoms with Crippen LogP contribution in [-0.2, 0) is 11.3 Å². The number of benzene rings is 1. The van der Waals surface area contributed by atoms with E-state index in [4.69, 9.17) is 0 Å². The van der Waals surface area contributed by atoms with E-state index in [2.05, 4.69) is 39.8 Å². The molecule has 1 aliphatic carbocycles. The lowest BCUT2D eigenvalue weighted by molar-refractivity contribution is -0.121. The Balaban J connectivity index is 1.54. The zero-order valence-electron chi connectivity index (χ0n) is 13.4. The minimum absolute atomic E-state index is 0.0950. The zero-order chi connectivity index (χ0) is 15.9. The predicted octanol–water partition coefficient (Wildman–Crippen LogP) is 2.76. The maximum Gasteiger partial charge on any atom is 0.221 e. The number of carbonyl (C=O) groups excluding carboxylic acids is 1. The molecule has 1 saturated carbocycles. The Hall–Kier alpha value is -2.17. The molecule has 2 aromatic rings. The highest BCUT2D eigenvalue weighted by Gasteiger charge is 2.26.